The number of carbonyl (C=O) groups excluding carboxylic acids is 4. The number of carbonyl (C=O) groups is 4. The number of para-hydroxylation sites is 1. The van der Waals surface area contributed by atoms with Crippen molar-refractivity contribution in [2.24, 2.45) is 0 Å². The van der Waals surface area contributed by atoms with Crippen LogP contribution in [0.1, 0.15) is 36.6 Å². The normalized spacial score (nSPS) is 12.8. The summed E-state index contributed by atoms with van der Waals surface area (Å²) in [6, 6.07) is 19.6. The van der Waals surface area contributed by atoms with Crippen LogP contribution in [0.4, 0.5) is 0 Å². The zero-order valence-electron chi connectivity index (χ0n) is 16.7. The highest BCUT2D eigenvalue weighted by Gasteiger charge is 2.36. The molecule has 3 aromatic rings. The van der Waals surface area contributed by atoms with E-state index in [0.29, 0.717) is 5.02 Å². The van der Waals surface area contributed by atoms with Crippen LogP contribution in [0, 0.1) is 0 Å². The largest absolute Gasteiger partial charge is 0.424 e. The van der Waals surface area contributed by atoms with Crippen LogP contribution in [0.3, 0.4) is 0 Å². The van der Waals surface area contributed by atoms with E-state index in [1.54, 1.807) is 54.6 Å². The maximum atomic E-state index is 12.7. The van der Waals surface area contributed by atoms with Gasteiger partial charge < -0.3 is 4.74 Å². The Balaban J connectivity index is 1.47. The van der Waals surface area contributed by atoms with Crippen LogP contribution >= 0.6 is 11.6 Å². The topological polar surface area (TPSA) is 80.8 Å². The fraction of sp³-hybridized carbons (Fsp3) is 0.0400. The molecule has 3 aromatic carbocycles. The predicted octanol–water partition coefficient (Wildman–Crippen LogP) is 4.44. The van der Waals surface area contributed by atoms with Crippen molar-refractivity contribution in [2.75, 3.05) is 6.54 Å². The molecule has 0 saturated heterocycles. The second kappa shape index (κ2) is 8.99. The molecule has 0 aromatic heterocycles. The summed E-state index contributed by atoms with van der Waals surface area (Å²) in [5.41, 5.74) is 1.44. The van der Waals surface area contributed by atoms with Gasteiger partial charge in [0.1, 0.15) is 12.3 Å². The standard InChI is InChI=1S/C25H16ClNO5/c26-17-12-9-16(10-13-17)11-14-21(28)20-7-3-4-8-22(20)32-23(29)15-27-24(30)18-5-1-2-6-19(18)25(27)31/h1-14H,15H2/b14-11+. The van der Waals surface area contributed by atoms with Gasteiger partial charge in [-0.1, -0.05) is 54.1 Å². The molecule has 0 saturated carbocycles. The number of allylic oxidation sites excluding steroid dienone is 1. The van der Waals surface area contributed by atoms with Crippen molar-refractivity contribution >= 4 is 41.2 Å². The zero-order valence-corrected chi connectivity index (χ0v) is 17.4. The molecule has 0 fully saturated rings. The molecule has 6 nitrogen and oxygen atoms in total. The smallest absolute Gasteiger partial charge is 0.331 e. The quantitative estimate of drug-likeness (QED) is 0.184. The van der Waals surface area contributed by atoms with Crippen LogP contribution in [0.2, 0.25) is 5.02 Å². The first-order valence-corrected chi connectivity index (χ1v) is 10.0. The summed E-state index contributed by atoms with van der Waals surface area (Å²) in [6.45, 7) is -0.560. The third kappa shape index (κ3) is 4.36. The van der Waals surface area contributed by atoms with Crippen molar-refractivity contribution in [3.63, 3.8) is 0 Å². The summed E-state index contributed by atoms with van der Waals surface area (Å²) >= 11 is 5.86. The van der Waals surface area contributed by atoms with Gasteiger partial charge in [-0.3, -0.25) is 19.3 Å². The molecular weight excluding hydrogens is 430 g/mol. The Labute approximate surface area is 188 Å². The fourth-order valence-electron chi connectivity index (χ4n) is 3.26. The lowest BCUT2D eigenvalue weighted by Crippen LogP contribution is -2.36. The number of rotatable bonds is 6. The van der Waals surface area contributed by atoms with E-state index in [2.05, 4.69) is 0 Å². The van der Waals surface area contributed by atoms with E-state index in [4.69, 9.17) is 16.3 Å². The Morgan fingerprint density at radius 1 is 0.844 bits per heavy atom. The summed E-state index contributed by atoms with van der Waals surface area (Å²) in [4.78, 5) is 50.9. The van der Waals surface area contributed by atoms with Gasteiger partial charge in [-0.05, 0) is 48.0 Å². The van der Waals surface area contributed by atoms with E-state index in [9.17, 15) is 19.2 Å². The number of nitrogens with zero attached hydrogens (tertiary/aromatic N) is 1. The monoisotopic (exact) mass is 445 g/mol. The first kappa shape index (κ1) is 21.2. The van der Waals surface area contributed by atoms with Gasteiger partial charge in [0.25, 0.3) is 11.8 Å². The van der Waals surface area contributed by atoms with Crippen molar-refractivity contribution in [1.82, 2.24) is 4.90 Å². The Bertz CT molecular complexity index is 1230. The minimum atomic E-state index is -0.832. The molecule has 158 valence electrons. The maximum absolute atomic E-state index is 12.7. The number of ketones is 1. The van der Waals surface area contributed by atoms with Gasteiger partial charge in [-0.25, -0.2) is 4.79 Å². The number of amides is 2. The van der Waals surface area contributed by atoms with Crippen molar-refractivity contribution in [1.29, 1.82) is 0 Å². The van der Waals surface area contributed by atoms with Crippen molar-refractivity contribution < 1.29 is 23.9 Å². The number of fused-ring (bicyclic) bond motifs is 1. The van der Waals surface area contributed by atoms with E-state index in [1.807, 2.05) is 0 Å². The van der Waals surface area contributed by atoms with Gasteiger partial charge in [0, 0.05) is 5.02 Å². The minimum Gasteiger partial charge on any atom is -0.424 e. The molecule has 0 aliphatic carbocycles. The van der Waals surface area contributed by atoms with Gasteiger partial charge in [0.2, 0.25) is 0 Å². The van der Waals surface area contributed by atoms with E-state index < -0.39 is 24.3 Å². The second-order valence-electron chi connectivity index (χ2n) is 6.96. The average Bonchev–Trinajstić information content (AvgIpc) is 3.04. The summed E-state index contributed by atoms with van der Waals surface area (Å²) in [6.07, 6.45) is 2.98. The van der Waals surface area contributed by atoms with Crippen LogP contribution in [-0.4, -0.2) is 35.0 Å². The molecule has 0 radical (unpaired) electrons. The highest BCUT2D eigenvalue weighted by molar-refractivity contribution is 6.30. The summed E-state index contributed by atoms with van der Waals surface area (Å²) in [7, 11) is 0. The number of esters is 1. The summed E-state index contributed by atoms with van der Waals surface area (Å²) in [5, 5.41) is 0.587. The predicted molar refractivity (Wildman–Crippen MR) is 119 cm³/mol. The third-order valence-electron chi connectivity index (χ3n) is 4.84. The van der Waals surface area contributed by atoms with Crippen LogP contribution in [0.15, 0.2) is 78.9 Å². The summed E-state index contributed by atoms with van der Waals surface area (Å²) in [5.74, 6) is -2.28. The molecule has 1 aliphatic rings. The molecule has 1 aliphatic heterocycles. The highest BCUT2D eigenvalue weighted by atomic mass is 35.5. The minimum absolute atomic E-state index is 0.0415. The van der Waals surface area contributed by atoms with E-state index in [0.717, 1.165) is 10.5 Å². The fourth-order valence-corrected chi connectivity index (χ4v) is 3.39. The van der Waals surface area contributed by atoms with Gasteiger partial charge in [0.05, 0.1) is 16.7 Å². The molecule has 2 amide bonds. The van der Waals surface area contributed by atoms with Crippen LogP contribution in [0.5, 0.6) is 5.75 Å². The van der Waals surface area contributed by atoms with Gasteiger partial charge >= 0.3 is 5.97 Å². The lowest BCUT2D eigenvalue weighted by Gasteiger charge is -2.14. The van der Waals surface area contributed by atoms with Crippen molar-refractivity contribution in [2.45, 2.75) is 0 Å². The molecular formula is C25H16ClNO5. The van der Waals surface area contributed by atoms with Crippen LogP contribution < -0.4 is 4.74 Å². The Morgan fingerprint density at radius 3 is 2.09 bits per heavy atom. The number of ether oxygens (including phenoxy) is 1. The second-order valence-corrected chi connectivity index (χ2v) is 7.40. The number of hydrogen-bond acceptors (Lipinski definition) is 5. The molecule has 1 heterocycles. The zero-order chi connectivity index (χ0) is 22.7. The van der Waals surface area contributed by atoms with Crippen LogP contribution in [-0.2, 0) is 4.79 Å². The molecule has 0 atom stereocenters. The lowest BCUT2D eigenvalue weighted by atomic mass is 10.1. The molecule has 0 N–H and O–H groups in total. The first-order chi connectivity index (χ1) is 15.4. The van der Waals surface area contributed by atoms with E-state index in [-0.39, 0.29) is 28.2 Å². The molecule has 0 spiro atoms. The van der Waals surface area contributed by atoms with Gasteiger partial charge in [-0.2, -0.15) is 0 Å². The lowest BCUT2D eigenvalue weighted by molar-refractivity contribution is -0.134. The van der Waals surface area contributed by atoms with Gasteiger partial charge in [-0.15, -0.1) is 0 Å². The maximum Gasteiger partial charge on any atom is 0.331 e. The Kier molecular flexibility index (Phi) is 5.96. The average molecular weight is 446 g/mol. The SMILES string of the molecule is O=C(CN1C(=O)c2ccccc2C1=O)Oc1ccccc1C(=O)/C=C/c1ccc(Cl)cc1. The molecule has 4 rings (SSSR count). The third-order valence-corrected chi connectivity index (χ3v) is 5.09. The molecule has 0 bridgehead atoms. The first-order valence-electron chi connectivity index (χ1n) is 9.67. The van der Waals surface area contributed by atoms with E-state index in [1.165, 1.54) is 30.3 Å². The molecule has 32 heavy (non-hydrogen) atoms. The molecule has 0 unspecified atom stereocenters. The van der Waals surface area contributed by atoms with E-state index >= 15 is 0 Å². The van der Waals surface area contributed by atoms with Crippen LogP contribution in [0.25, 0.3) is 6.08 Å². The highest BCUT2D eigenvalue weighted by Crippen LogP contribution is 2.24. The Hall–Kier alpha value is -4.03. The van der Waals surface area contributed by atoms with Crippen molar-refractivity contribution in [3.8, 4) is 5.75 Å². The molecule has 7 heteroatoms. The number of hydrogen-bond donors (Lipinski definition) is 0. The number of benzene rings is 3. The summed E-state index contributed by atoms with van der Waals surface area (Å²) < 4.78 is 5.33. The Morgan fingerprint density at radius 2 is 1.44 bits per heavy atom. The number of halogens is 1. The van der Waals surface area contributed by atoms with Gasteiger partial charge in [0.15, 0.2) is 5.78 Å². The number of imide groups is 1. The van der Waals surface area contributed by atoms with Crippen molar-refractivity contribution in [3.05, 3.63) is 106 Å².